The molecule has 5 aliphatic rings. The van der Waals surface area contributed by atoms with Crippen molar-refractivity contribution in [2.75, 3.05) is 0 Å². The normalized spacial score (nSPS) is 47.6. The lowest BCUT2D eigenvalue weighted by Gasteiger charge is -2.71. The van der Waals surface area contributed by atoms with Crippen LogP contribution in [0, 0.1) is 50.2 Å². The van der Waals surface area contributed by atoms with Crippen LogP contribution in [0.15, 0.2) is 23.8 Å². The van der Waals surface area contributed by atoms with Gasteiger partial charge in [-0.15, -0.1) is 0 Å². The van der Waals surface area contributed by atoms with Crippen molar-refractivity contribution in [1.82, 2.24) is 0 Å². The highest BCUT2D eigenvalue weighted by Gasteiger charge is 2.68. The number of allylic oxidation sites excluding steroid dienone is 2. The molecule has 0 bridgehead atoms. The SMILES string of the molecule is CC1(C)C(OC(=O)/C=C/C(=O)O)CC[C@]2(C)[C@H]3CC=C4[C@@H]5C[C@@](C)(C(=O)O)CC[C@]5(C)CC[C@@]4(C)[C@]3(C)CC[C@@H]12. The first-order valence-electron chi connectivity index (χ1n) is 15.5. The minimum Gasteiger partial charge on any atom is -0.481 e. The number of carboxylic acid groups (broad SMARTS) is 2. The number of esters is 1. The molecule has 0 heterocycles. The first-order valence-corrected chi connectivity index (χ1v) is 15.5. The molecule has 0 aromatic carbocycles. The van der Waals surface area contributed by atoms with E-state index in [4.69, 9.17) is 9.84 Å². The fourth-order valence-electron chi connectivity index (χ4n) is 11.1. The highest BCUT2D eigenvalue weighted by atomic mass is 16.5. The summed E-state index contributed by atoms with van der Waals surface area (Å²) in [6, 6.07) is 0. The Hall–Kier alpha value is -2.11. The van der Waals surface area contributed by atoms with Gasteiger partial charge in [0, 0.05) is 17.6 Å². The van der Waals surface area contributed by atoms with Gasteiger partial charge in [0.2, 0.25) is 0 Å². The van der Waals surface area contributed by atoms with Crippen LogP contribution in [0.5, 0.6) is 0 Å². The Morgan fingerprint density at radius 3 is 2.17 bits per heavy atom. The second-order valence-electron chi connectivity index (χ2n) is 16.0. The van der Waals surface area contributed by atoms with E-state index in [0.29, 0.717) is 17.8 Å². The summed E-state index contributed by atoms with van der Waals surface area (Å²) >= 11 is 0. The van der Waals surface area contributed by atoms with Crippen molar-refractivity contribution >= 4 is 17.9 Å². The quantitative estimate of drug-likeness (QED) is 0.213. The predicted octanol–water partition coefficient (Wildman–Crippen LogP) is 7.43. The van der Waals surface area contributed by atoms with E-state index in [1.807, 2.05) is 6.92 Å². The van der Waals surface area contributed by atoms with Gasteiger partial charge in [-0.1, -0.05) is 53.2 Å². The predicted molar refractivity (Wildman–Crippen MR) is 153 cm³/mol. The molecule has 0 spiro atoms. The molecule has 0 saturated heterocycles. The van der Waals surface area contributed by atoms with E-state index < -0.39 is 23.3 Å². The summed E-state index contributed by atoms with van der Waals surface area (Å²) in [6.45, 7) is 16.4. The molecule has 4 fully saturated rings. The molecule has 5 aliphatic carbocycles. The molecule has 0 amide bonds. The maximum atomic E-state index is 12.4. The number of carbonyl (C=O) groups is 3. The number of fused-ring (bicyclic) bond motifs is 7. The first kappa shape index (κ1) is 29.4. The summed E-state index contributed by atoms with van der Waals surface area (Å²) in [5.74, 6) is -1.14. The van der Waals surface area contributed by atoms with Crippen molar-refractivity contribution in [3.8, 4) is 0 Å². The number of carbonyl (C=O) groups excluding carboxylic acids is 1. The van der Waals surface area contributed by atoms with Crippen molar-refractivity contribution in [3.05, 3.63) is 23.8 Å². The molecule has 0 aliphatic heterocycles. The highest BCUT2D eigenvalue weighted by molar-refractivity contribution is 5.90. The lowest BCUT2D eigenvalue weighted by atomic mass is 9.33. The van der Waals surface area contributed by atoms with Gasteiger partial charge in [-0.05, 0) is 111 Å². The van der Waals surface area contributed by atoms with Gasteiger partial charge in [0.05, 0.1) is 5.41 Å². The molecule has 4 saturated carbocycles. The Bertz CT molecular complexity index is 1170. The summed E-state index contributed by atoms with van der Waals surface area (Å²) < 4.78 is 5.88. The Balaban J connectivity index is 1.46. The fourth-order valence-corrected chi connectivity index (χ4v) is 11.1. The molecular weight excluding hydrogens is 504 g/mol. The van der Waals surface area contributed by atoms with Gasteiger partial charge in [-0.2, -0.15) is 0 Å². The van der Waals surface area contributed by atoms with E-state index in [2.05, 4.69) is 47.6 Å². The van der Waals surface area contributed by atoms with Gasteiger partial charge in [0.1, 0.15) is 6.10 Å². The van der Waals surface area contributed by atoms with Crippen LogP contribution in [0.3, 0.4) is 0 Å². The lowest BCUT2D eigenvalue weighted by Crippen LogP contribution is -2.64. The van der Waals surface area contributed by atoms with Crippen molar-refractivity contribution < 1.29 is 29.3 Å². The van der Waals surface area contributed by atoms with Crippen LogP contribution in [0.4, 0.5) is 0 Å². The van der Waals surface area contributed by atoms with Crippen LogP contribution in [0.2, 0.25) is 0 Å². The maximum Gasteiger partial charge on any atom is 0.331 e. The molecule has 0 radical (unpaired) electrons. The zero-order chi connectivity index (χ0) is 29.5. The summed E-state index contributed by atoms with van der Waals surface area (Å²) in [7, 11) is 0. The molecule has 0 aromatic heterocycles. The Morgan fingerprint density at radius 1 is 0.850 bits per heavy atom. The first-order chi connectivity index (χ1) is 18.4. The van der Waals surface area contributed by atoms with Crippen LogP contribution < -0.4 is 0 Å². The molecule has 5 rings (SSSR count). The van der Waals surface area contributed by atoms with E-state index in [1.165, 1.54) is 6.42 Å². The Morgan fingerprint density at radius 2 is 1.52 bits per heavy atom. The zero-order valence-electron chi connectivity index (χ0n) is 25.6. The van der Waals surface area contributed by atoms with E-state index >= 15 is 0 Å². The second-order valence-corrected chi connectivity index (χ2v) is 16.0. The summed E-state index contributed by atoms with van der Waals surface area (Å²) in [4.78, 5) is 35.6. The molecule has 2 N–H and O–H groups in total. The maximum absolute atomic E-state index is 12.4. The molecule has 9 atom stereocenters. The summed E-state index contributed by atoms with van der Waals surface area (Å²) in [6.07, 6.45) is 14.0. The van der Waals surface area contributed by atoms with Crippen molar-refractivity contribution in [1.29, 1.82) is 0 Å². The molecule has 6 heteroatoms. The van der Waals surface area contributed by atoms with E-state index in [-0.39, 0.29) is 33.2 Å². The van der Waals surface area contributed by atoms with Gasteiger partial charge in [-0.25, -0.2) is 9.59 Å². The lowest BCUT2D eigenvalue weighted by molar-refractivity contribution is -0.211. The third-order valence-electron chi connectivity index (χ3n) is 13.9. The van der Waals surface area contributed by atoms with Crippen LogP contribution >= 0.6 is 0 Å². The Kier molecular flexibility index (Phi) is 6.75. The van der Waals surface area contributed by atoms with Crippen LogP contribution in [-0.4, -0.2) is 34.2 Å². The smallest absolute Gasteiger partial charge is 0.331 e. The number of hydrogen-bond acceptors (Lipinski definition) is 4. The fraction of sp³-hybridized carbons (Fsp3) is 0.794. The number of carboxylic acids is 2. The number of rotatable bonds is 4. The highest BCUT2D eigenvalue weighted by Crippen LogP contribution is 2.75. The number of ether oxygens (including phenoxy) is 1. The van der Waals surface area contributed by atoms with E-state index in [0.717, 1.165) is 69.9 Å². The average molecular weight is 555 g/mol. The van der Waals surface area contributed by atoms with Gasteiger partial charge >= 0.3 is 17.9 Å². The largest absolute Gasteiger partial charge is 0.481 e. The van der Waals surface area contributed by atoms with Crippen LogP contribution in [-0.2, 0) is 19.1 Å². The topological polar surface area (TPSA) is 101 Å². The van der Waals surface area contributed by atoms with Gasteiger partial charge in [-0.3, -0.25) is 4.79 Å². The van der Waals surface area contributed by atoms with Gasteiger partial charge < -0.3 is 14.9 Å². The second kappa shape index (κ2) is 9.19. The minimum atomic E-state index is -1.15. The third kappa shape index (κ3) is 4.05. The zero-order valence-corrected chi connectivity index (χ0v) is 25.6. The molecular formula is C34H50O6. The van der Waals surface area contributed by atoms with Gasteiger partial charge in [0.15, 0.2) is 0 Å². The van der Waals surface area contributed by atoms with Crippen molar-refractivity contribution in [3.63, 3.8) is 0 Å². The monoisotopic (exact) mass is 554 g/mol. The van der Waals surface area contributed by atoms with Crippen LogP contribution in [0.1, 0.15) is 113 Å². The van der Waals surface area contributed by atoms with Crippen LogP contribution in [0.25, 0.3) is 0 Å². The van der Waals surface area contributed by atoms with E-state index in [9.17, 15) is 19.5 Å². The molecule has 6 nitrogen and oxygen atoms in total. The van der Waals surface area contributed by atoms with Crippen molar-refractivity contribution in [2.45, 2.75) is 119 Å². The summed E-state index contributed by atoms with van der Waals surface area (Å²) in [5, 5.41) is 19.0. The Labute approximate surface area is 240 Å². The molecule has 222 valence electrons. The number of aliphatic carboxylic acids is 2. The van der Waals surface area contributed by atoms with Gasteiger partial charge in [0.25, 0.3) is 0 Å². The minimum absolute atomic E-state index is 0.0555. The standard InChI is InChI=1S/C34H50O6/c1-29(2)23-12-15-34(7)24(32(23,5)14-13-25(29)40-27(37)11-10-26(35)36)9-8-21-22-20-31(4,28(38)39)17-16-30(22,3)18-19-33(21,34)6/h8,10-11,22-25H,9,12-20H2,1-7H3,(H,35,36)(H,38,39)/b11-10+/t22-,23-,24+,25?,30+,31-,32-,33+,34+/m0/s1. The third-order valence-corrected chi connectivity index (χ3v) is 13.9. The van der Waals surface area contributed by atoms with E-state index in [1.54, 1.807) is 5.57 Å². The molecule has 0 aromatic rings. The number of hydrogen-bond donors (Lipinski definition) is 2. The van der Waals surface area contributed by atoms with Crippen molar-refractivity contribution in [2.24, 2.45) is 50.2 Å². The molecule has 40 heavy (non-hydrogen) atoms. The average Bonchev–Trinajstić information content (AvgIpc) is 2.86. The summed E-state index contributed by atoms with van der Waals surface area (Å²) in [5.41, 5.74) is 1.16. The molecule has 1 unspecified atom stereocenters.